The molecule has 0 amide bonds. The molecule has 0 aromatic heterocycles. The molecule has 1 heterocycles. The number of hydrogen-bond acceptors (Lipinski definition) is 8. The van der Waals surface area contributed by atoms with Gasteiger partial charge in [-0.3, -0.25) is 29.1 Å². The Labute approximate surface area is 241 Å². The Morgan fingerprint density at radius 3 is 1.67 bits per heavy atom. The van der Waals surface area contributed by atoms with Gasteiger partial charge in [0.2, 0.25) is 0 Å². The average Bonchev–Trinajstić information content (AvgIpc) is 2.68. The lowest BCUT2D eigenvalue weighted by Gasteiger charge is -2.33. The minimum Gasteiger partial charge on any atom is -0.480 e. The number of aliphatic carboxylic acids is 3. The second-order valence-corrected chi connectivity index (χ2v) is 7.53. The summed E-state index contributed by atoms with van der Waals surface area (Å²) in [6, 6.07) is 5.81. The van der Waals surface area contributed by atoms with E-state index in [9.17, 15) is 24.6 Å². The van der Waals surface area contributed by atoms with Gasteiger partial charge in [0.1, 0.15) is 6.04 Å². The first-order valence-corrected chi connectivity index (χ1v) is 10.2. The van der Waals surface area contributed by atoms with E-state index in [4.69, 9.17) is 10.8 Å². The fraction of sp³-hybridized carbons (Fsp3) is 0.550. The number of halogens is 5. The van der Waals surface area contributed by atoms with E-state index >= 15 is 0 Å². The van der Waals surface area contributed by atoms with Crippen molar-refractivity contribution < 1.29 is 29.7 Å². The molecule has 1 unspecified atom stereocenters. The molecule has 0 bridgehead atoms. The molecule has 1 atom stereocenters. The number of rotatable bonds is 7. The summed E-state index contributed by atoms with van der Waals surface area (Å²) in [6.07, 6.45) is 0. The van der Waals surface area contributed by atoms with Crippen molar-refractivity contribution >= 4 is 85.6 Å². The van der Waals surface area contributed by atoms with Crippen LogP contribution in [0.5, 0.6) is 0 Å². The van der Waals surface area contributed by atoms with E-state index in [1.54, 1.807) is 34.1 Å². The fourth-order valence-electron chi connectivity index (χ4n) is 3.62. The van der Waals surface area contributed by atoms with Gasteiger partial charge in [0, 0.05) is 58.0 Å². The Balaban J connectivity index is -0.00000102. The van der Waals surface area contributed by atoms with E-state index in [0.717, 1.165) is 0 Å². The largest absolute Gasteiger partial charge is 0.480 e. The Bertz CT molecular complexity index is 765. The van der Waals surface area contributed by atoms with E-state index in [1.165, 1.54) is 0 Å². The van der Waals surface area contributed by atoms with Crippen molar-refractivity contribution in [1.82, 2.24) is 20.0 Å². The second kappa shape index (κ2) is 21.8. The summed E-state index contributed by atoms with van der Waals surface area (Å²) in [5, 5.41) is 31.5. The highest BCUT2D eigenvalue weighted by Gasteiger charge is 2.28. The average molecular weight is 620 g/mol. The van der Waals surface area contributed by atoms with Crippen LogP contribution in [0, 0.1) is 0 Å². The lowest BCUT2D eigenvalue weighted by atomic mass is 10.0. The first-order chi connectivity index (χ1) is 14.8. The Morgan fingerprint density at radius 1 is 0.750 bits per heavy atom. The highest BCUT2D eigenvalue weighted by atomic mass is 35.5. The molecule has 0 radical (unpaired) electrons. The molecule has 212 valence electrons. The molecule has 11 nitrogen and oxygen atoms in total. The molecule has 0 spiro atoms. The van der Waals surface area contributed by atoms with Crippen LogP contribution in [0.25, 0.3) is 0 Å². The van der Waals surface area contributed by atoms with Gasteiger partial charge in [-0.15, -0.1) is 62.0 Å². The van der Waals surface area contributed by atoms with E-state index < -0.39 is 23.9 Å². The van der Waals surface area contributed by atoms with Crippen LogP contribution in [0.2, 0.25) is 0 Å². The maximum absolute atomic E-state index is 12.1. The van der Waals surface area contributed by atoms with Crippen LogP contribution in [0.15, 0.2) is 24.3 Å². The van der Waals surface area contributed by atoms with Gasteiger partial charge >= 0.3 is 17.9 Å². The zero-order valence-corrected chi connectivity index (χ0v) is 23.6. The van der Waals surface area contributed by atoms with Crippen molar-refractivity contribution in [2.75, 3.05) is 71.2 Å². The molecule has 1 fully saturated rings. The molecule has 2 rings (SSSR count). The molecule has 1 aliphatic heterocycles. The van der Waals surface area contributed by atoms with Crippen LogP contribution in [-0.2, 0) is 14.4 Å². The molecule has 1 aromatic carbocycles. The number of nitrogens with zero attached hydrogens (tertiary/aromatic N) is 3. The van der Waals surface area contributed by atoms with E-state index in [1.807, 2.05) is 4.90 Å². The van der Waals surface area contributed by atoms with Crippen LogP contribution in [0.1, 0.15) is 11.6 Å². The molecule has 1 aliphatic rings. The third-order valence-electron chi connectivity index (χ3n) is 5.19. The molecule has 1 aromatic rings. The van der Waals surface area contributed by atoms with Gasteiger partial charge < -0.3 is 26.4 Å². The normalized spacial score (nSPS) is 16.4. The summed E-state index contributed by atoms with van der Waals surface area (Å²) in [4.78, 5) is 39.8. The summed E-state index contributed by atoms with van der Waals surface area (Å²) in [5.74, 6) is -2.91. The second-order valence-electron chi connectivity index (χ2n) is 7.53. The van der Waals surface area contributed by atoms with Gasteiger partial charge in [-0.25, -0.2) is 0 Å². The zero-order valence-electron chi connectivity index (χ0n) is 19.5. The van der Waals surface area contributed by atoms with Gasteiger partial charge in [0.05, 0.1) is 13.1 Å². The minimum atomic E-state index is -0.991. The van der Waals surface area contributed by atoms with E-state index in [0.29, 0.717) is 63.6 Å². The zero-order chi connectivity index (χ0) is 22.8. The predicted octanol–water partition coefficient (Wildman–Crippen LogP) is 1.18. The van der Waals surface area contributed by atoms with Gasteiger partial charge in [-0.05, 0) is 17.7 Å². The first-order valence-electron chi connectivity index (χ1n) is 10.2. The van der Waals surface area contributed by atoms with Gasteiger partial charge in [0.25, 0.3) is 0 Å². The molecular weight excluding hydrogens is 584 g/mol. The number of carbonyl (C=O) groups is 3. The molecular formula is C20H36Cl5N5O6. The van der Waals surface area contributed by atoms with Crippen molar-refractivity contribution in [3.63, 3.8) is 0 Å². The number of carboxylic acids is 3. The van der Waals surface area contributed by atoms with Crippen LogP contribution >= 0.6 is 62.0 Å². The third kappa shape index (κ3) is 15.1. The number of carboxylic acid groups (broad SMARTS) is 3. The van der Waals surface area contributed by atoms with Crippen LogP contribution in [0.3, 0.4) is 0 Å². The van der Waals surface area contributed by atoms with Gasteiger partial charge in [-0.1, -0.05) is 12.1 Å². The predicted molar refractivity (Wildman–Crippen MR) is 150 cm³/mol. The van der Waals surface area contributed by atoms with Crippen molar-refractivity contribution in [3.05, 3.63) is 29.8 Å². The molecule has 36 heavy (non-hydrogen) atoms. The number of nitrogen functional groups attached to an aromatic ring is 1. The monoisotopic (exact) mass is 617 g/mol. The number of benzene rings is 1. The van der Waals surface area contributed by atoms with E-state index in [-0.39, 0.29) is 75.1 Å². The van der Waals surface area contributed by atoms with Crippen molar-refractivity contribution in [1.29, 1.82) is 0 Å². The van der Waals surface area contributed by atoms with Crippen LogP contribution in [-0.4, -0.2) is 113 Å². The smallest absolute Gasteiger partial charge is 0.325 e. The summed E-state index contributed by atoms with van der Waals surface area (Å²) in [6.45, 7) is 3.11. The third-order valence-corrected chi connectivity index (χ3v) is 5.19. The standard InChI is InChI=1S/C20H31N5O6.5ClH/c21-16-3-1-15(2-4-16)19(20(30)31)25-8-6-22-5-7-23(13-17(26)27)9-10-24(11-12-25)14-18(28)29;;;;;/h1-4,19,22H,5-14,21H2,(H,26,27)(H,28,29)(H,30,31);5*1H. The SMILES string of the molecule is Cl.Cl.Cl.Cl.Cl.Nc1ccc(C(C(=O)O)N2CCNCCN(CC(=O)O)CCN(CC(=O)O)CC2)cc1. The highest BCUT2D eigenvalue weighted by molar-refractivity contribution is 5.86. The fourth-order valence-corrected chi connectivity index (χ4v) is 3.62. The Hall–Kier alpha value is -1.28. The lowest BCUT2D eigenvalue weighted by Crippen LogP contribution is -2.48. The van der Waals surface area contributed by atoms with Crippen molar-refractivity contribution in [3.8, 4) is 0 Å². The maximum atomic E-state index is 12.1. The maximum Gasteiger partial charge on any atom is 0.325 e. The summed E-state index contributed by atoms with van der Waals surface area (Å²) in [7, 11) is 0. The quantitative estimate of drug-likeness (QED) is 0.279. The Kier molecular flexibility index (Phi) is 25.3. The number of anilines is 1. The van der Waals surface area contributed by atoms with Gasteiger partial charge in [-0.2, -0.15) is 0 Å². The first kappa shape index (κ1) is 41.8. The van der Waals surface area contributed by atoms with Crippen LogP contribution < -0.4 is 11.1 Å². The molecule has 6 N–H and O–H groups in total. The minimum absolute atomic E-state index is 0. The number of hydrogen-bond donors (Lipinski definition) is 5. The van der Waals surface area contributed by atoms with Crippen LogP contribution in [0.4, 0.5) is 5.69 Å². The van der Waals surface area contributed by atoms with Crippen molar-refractivity contribution in [2.45, 2.75) is 6.04 Å². The van der Waals surface area contributed by atoms with E-state index in [2.05, 4.69) is 5.32 Å². The number of nitrogens with one attached hydrogen (secondary N) is 1. The van der Waals surface area contributed by atoms with Gasteiger partial charge in [0.15, 0.2) is 0 Å². The summed E-state index contributed by atoms with van der Waals surface area (Å²) >= 11 is 0. The number of nitrogens with two attached hydrogens (primary N) is 1. The van der Waals surface area contributed by atoms with Crippen molar-refractivity contribution in [2.24, 2.45) is 0 Å². The summed E-state index contributed by atoms with van der Waals surface area (Å²) < 4.78 is 0. The summed E-state index contributed by atoms with van der Waals surface area (Å²) in [5.41, 5.74) is 6.88. The molecule has 0 aliphatic carbocycles. The highest BCUT2D eigenvalue weighted by Crippen LogP contribution is 2.22. The molecule has 16 heteroatoms. The topological polar surface area (TPSA) is 160 Å². The lowest BCUT2D eigenvalue weighted by molar-refractivity contribution is -0.144. The Morgan fingerprint density at radius 2 is 1.19 bits per heavy atom. The molecule has 1 saturated heterocycles. The molecule has 0 saturated carbocycles.